The Morgan fingerprint density at radius 1 is 1.46 bits per heavy atom. The van der Waals surface area contributed by atoms with Gasteiger partial charge in [-0.2, -0.15) is 0 Å². The predicted molar refractivity (Wildman–Crippen MR) is 50.4 cm³/mol. The number of hydrogen-bond donors (Lipinski definition) is 1. The van der Waals surface area contributed by atoms with Crippen molar-refractivity contribution in [3.63, 3.8) is 0 Å². The average Bonchev–Trinajstić information content (AvgIpc) is 2.19. The van der Waals surface area contributed by atoms with E-state index in [0.717, 1.165) is 0 Å². The summed E-state index contributed by atoms with van der Waals surface area (Å²) < 4.78 is 5.02. The van der Waals surface area contributed by atoms with E-state index in [1.165, 1.54) is 0 Å². The van der Waals surface area contributed by atoms with Crippen molar-refractivity contribution in [2.24, 2.45) is 5.73 Å². The van der Waals surface area contributed by atoms with Crippen molar-refractivity contribution in [2.45, 2.75) is 13.0 Å². The molecule has 3 heteroatoms. The highest BCUT2D eigenvalue weighted by Gasteiger charge is 2.09. The van der Waals surface area contributed by atoms with E-state index in [2.05, 4.69) is 0 Å². The summed E-state index contributed by atoms with van der Waals surface area (Å²) in [6.07, 6.45) is -0.229. The number of ether oxygens (including phenoxy) is 1. The molecular formula is C10H13NO2. The molecule has 0 spiro atoms. The van der Waals surface area contributed by atoms with Crippen LogP contribution >= 0.6 is 0 Å². The lowest BCUT2D eigenvalue weighted by atomic mass is 10.2. The molecule has 70 valence electrons. The summed E-state index contributed by atoms with van der Waals surface area (Å²) in [6.45, 7) is 2.11. The Morgan fingerprint density at radius 2 is 2.08 bits per heavy atom. The number of nitrogens with two attached hydrogens (primary N) is 1. The average molecular weight is 179 g/mol. The highest BCUT2D eigenvalue weighted by molar-refractivity contribution is 5.89. The smallest absolute Gasteiger partial charge is 0.338 e. The molecule has 1 rings (SSSR count). The lowest BCUT2D eigenvalue weighted by molar-refractivity contribution is 0.0359. The van der Waals surface area contributed by atoms with Gasteiger partial charge in [-0.3, -0.25) is 0 Å². The van der Waals surface area contributed by atoms with Gasteiger partial charge in [-0.05, 0) is 19.1 Å². The first kappa shape index (κ1) is 9.74. The van der Waals surface area contributed by atoms with Gasteiger partial charge < -0.3 is 10.5 Å². The SMILES string of the molecule is CC(CN)OC(=O)c1ccccc1. The van der Waals surface area contributed by atoms with Crippen LogP contribution in [-0.2, 0) is 4.74 Å². The first-order chi connectivity index (χ1) is 6.24. The lowest BCUT2D eigenvalue weighted by Crippen LogP contribution is -2.23. The van der Waals surface area contributed by atoms with Crippen LogP contribution in [0.4, 0.5) is 0 Å². The molecule has 0 radical (unpaired) electrons. The minimum Gasteiger partial charge on any atom is -0.458 e. The fourth-order valence-corrected chi connectivity index (χ4v) is 0.873. The summed E-state index contributed by atoms with van der Waals surface area (Å²) in [4.78, 5) is 11.3. The van der Waals surface area contributed by atoms with Gasteiger partial charge in [-0.1, -0.05) is 18.2 Å². The molecule has 0 bridgehead atoms. The van der Waals surface area contributed by atoms with Crippen LogP contribution in [0, 0.1) is 0 Å². The van der Waals surface area contributed by atoms with Gasteiger partial charge in [0.1, 0.15) is 6.10 Å². The maximum Gasteiger partial charge on any atom is 0.338 e. The summed E-state index contributed by atoms with van der Waals surface area (Å²) in [7, 11) is 0. The molecule has 0 aliphatic carbocycles. The van der Waals surface area contributed by atoms with E-state index in [9.17, 15) is 4.79 Å². The second-order valence-corrected chi connectivity index (χ2v) is 2.82. The van der Waals surface area contributed by atoms with E-state index in [0.29, 0.717) is 12.1 Å². The second-order valence-electron chi connectivity index (χ2n) is 2.82. The number of rotatable bonds is 3. The molecule has 1 unspecified atom stereocenters. The lowest BCUT2D eigenvalue weighted by Gasteiger charge is -2.10. The highest BCUT2D eigenvalue weighted by atomic mass is 16.5. The van der Waals surface area contributed by atoms with E-state index in [1.54, 1.807) is 31.2 Å². The van der Waals surface area contributed by atoms with Gasteiger partial charge in [0.2, 0.25) is 0 Å². The van der Waals surface area contributed by atoms with Gasteiger partial charge in [0.25, 0.3) is 0 Å². The van der Waals surface area contributed by atoms with Crippen molar-refractivity contribution in [1.29, 1.82) is 0 Å². The van der Waals surface area contributed by atoms with Gasteiger partial charge in [-0.25, -0.2) is 4.79 Å². The van der Waals surface area contributed by atoms with Crippen molar-refractivity contribution in [1.82, 2.24) is 0 Å². The number of carbonyl (C=O) groups excluding carboxylic acids is 1. The summed E-state index contributed by atoms with van der Waals surface area (Å²) >= 11 is 0. The Balaban J connectivity index is 2.59. The molecule has 1 aromatic rings. The standard InChI is InChI=1S/C10H13NO2/c1-8(7-11)13-10(12)9-5-3-2-4-6-9/h2-6,8H,7,11H2,1H3. The maximum absolute atomic E-state index is 11.3. The van der Waals surface area contributed by atoms with Crippen LogP contribution in [-0.4, -0.2) is 18.6 Å². The van der Waals surface area contributed by atoms with Crippen LogP contribution in [0.3, 0.4) is 0 Å². The third kappa shape index (κ3) is 2.87. The van der Waals surface area contributed by atoms with E-state index in [4.69, 9.17) is 10.5 Å². The molecule has 1 atom stereocenters. The Hall–Kier alpha value is -1.35. The van der Waals surface area contributed by atoms with Crippen molar-refractivity contribution in [2.75, 3.05) is 6.54 Å². The van der Waals surface area contributed by atoms with Crippen LogP contribution < -0.4 is 5.73 Å². The quantitative estimate of drug-likeness (QED) is 0.709. The van der Waals surface area contributed by atoms with E-state index < -0.39 is 0 Å². The Labute approximate surface area is 77.5 Å². The van der Waals surface area contributed by atoms with Crippen LogP contribution in [0.1, 0.15) is 17.3 Å². The predicted octanol–water partition coefficient (Wildman–Crippen LogP) is 1.19. The third-order valence-corrected chi connectivity index (χ3v) is 1.65. The number of benzene rings is 1. The fourth-order valence-electron chi connectivity index (χ4n) is 0.873. The molecule has 2 N–H and O–H groups in total. The summed E-state index contributed by atoms with van der Waals surface area (Å²) in [5.74, 6) is -0.321. The van der Waals surface area contributed by atoms with Crippen molar-refractivity contribution >= 4 is 5.97 Å². The fraction of sp³-hybridized carbons (Fsp3) is 0.300. The highest BCUT2D eigenvalue weighted by Crippen LogP contribution is 2.02. The Bertz CT molecular complexity index is 272. The minimum atomic E-state index is -0.321. The maximum atomic E-state index is 11.3. The molecule has 13 heavy (non-hydrogen) atoms. The van der Waals surface area contributed by atoms with Crippen molar-refractivity contribution in [3.8, 4) is 0 Å². The monoisotopic (exact) mass is 179 g/mol. The zero-order valence-electron chi connectivity index (χ0n) is 7.57. The molecule has 0 heterocycles. The largest absolute Gasteiger partial charge is 0.458 e. The van der Waals surface area contributed by atoms with Crippen molar-refractivity contribution in [3.05, 3.63) is 35.9 Å². The zero-order chi connectivity index (χ0) is 9.68. The molecule has 0 saturated carbocycles. The molecule has 0 aliphatic heterocycles. The molecule has 1 aromatic carbocycles. The van der Waals surface area contributed by atoms with Gasteiger partial charge in [0.15, 0.2) is 0 Å². The Morgan fingerprint density at radius 3 is 2.62 bits per heavy atom. The molecule has 0 amide bonds. The van der Waals surface area contributed by atoms with Crippen LogP contribution in [0.15, 0.2) is 30.3 Å². The molecule has 3 nitrogen and oxygen atoms in total. The van der Waals surface area contributed by atoms with Gasteiger partial charge in [0.05, 0.1) is 5.56 Å². The molecule has 0 aliphatic rings. The van der Waals surface area contributed by atoms with Crippen molar-refractivity contribution < 1.29 is 9.53 Å². The Kier molecular flexibility index (Phi) is 3.46. The van der Waals surface area contributed by atoms with Crippen LogP contribution in [0.2, 0.25) is 0 Å². The topological polar surface area (TPSA) is 52.3 Å². The van der Waals surface area contributed by atoms with Gasteiger partial charge in [-0.15, -0.1) is 0 Å². The summed E-state index contributed by atoms with van der Waals surface area (Å²) in [5, 5.41) is 0. The molecule has 0 aromatic heterocycles. The first-order valence-electron chi connectivity index (χ1n) is 4.20. The third-order valence-electron chi connectivity index (χ3n) is 1.65. The van der Waals surface area contributed by atoms with Gasteiger partial charge >= 0.3 is 5.97 Å². The van der Waals surface area contributed by atoms with Gasteiger partial charge in [0, 0.05) is 6.54 Å². The number of esters is 1. The summed E-state index contributed by atoms with van der Waals surface area (Å²) in [5.41, 5.74) is 5.88. The minimum absolute atomic E-state index is 0.229. The molecule has 0 fully saturated rings. The van der Waals surface area contributed by atoms with E-state index in [1.807, 2.05) is 6.07 Å². The molecule has 0 saturated heterocycles. The van der Waals surface area contributed by atoms with Crippen LogP contribution in [0.5, 0.6) is 0 Å². The zero-order valence-corrected chi connectivity index (χ0v) is 7.57. The van der Waals surface area contributed by atoms with Crippen LogP contribution in [0.25, 0.3) is 0 Å². The van der Waals surface area contributed by atoms with E-state index >= 15 is 0 Å². The summed E-state index contributed by atoms with van der Waals surface area (Å²) in [6, 6.07) is 8.87. The number of carbonyl (C=O) groups is 1. The van der Waals surface area contributed by atoms with E-state index in [-0.39, 0.29) is 12.1 Å². The molecular weight excluding hydrogens is 166 g/mol. The first-order valence-corrected chi connectivity index (χ1v) is 4.20. The number of hydrogen-bond acceptors (Lipinski definition) is 3. The normalized spacial score (nSPS) is 12.2. The second kappa shape index (κ2) is 4.62.